The molecule has 11 nitrogen and oxygen atoms in total. The van der Waals surface area contributed by atoms with Crippen molar-refractivity contribution in [1.29, 1.82) is 0 Å². The van der Waals surface area contributed by atoms with Crippen LogP contribution in [-0.2, 0) is 11.3 Å². The molecule has 0 bridgehead atoms. The molecule has 4 rings (SSSR count). The number of aromatic amines is 1. The van der Waals surface area contributed by atoms with Crippen LogP contribution in [0.1, 0.15) is 39.1 Å². The summed E-state index contributed by atoms with van der Waals surface area (Å²) in [4.78, 5) is 40.4. The minimum absolute atomic E-state index is 0.00223. The van der Waals surface area contributed by atoms with E-state index in [0.29, 0.717) is 40.9 Å². The van der Waals surface area contributed by atoms with Gasteiger partial charge >= 0.3 is 5.97 Å². The van der Waals surface area contributed by atoms with Gasteiger partial charge in [-0.3, -0.25) is 19.5 Å². The normalized spacial score (nSPS) is 10.8. The second-order valence-electron chi connectivity index (χ2n) is 8.36. The number of hydrogen-bond donors (Lipinski definition) is 5. The van der Waals surface area contributed by atoms with Crippen molar-refractivity contribution in [3.8, 4) is 17.0 Å². The first-order chi connectivity index (χ1) is 18.3. The van der Waals surface area contributed by atoms with E-state index in [1.807, 2.05) is 0 Å². The second-order valence-corrected chi connectivity index (χ2v) is 8.36. The average Bonchev–Trinajstić information content (AvgIpc) is 3.39. The monoisotopic (exact) mass is 520 g/mol. The number of hydrogen-bond acceptors (Lipinski definition) is 7. The Morgan fingerprint density at radius 3 is 2.61 bits per heavy atom. The van der Waals surface area contributed by atoms with Crippen LogP contribution in [0, 0.1) is 5.82 Å². The highest BCUT2D eigenvalue weighted by Gasteiger charge is 2.21. The molecule has 2 aromatic carbocycles. The van der Waals surface area contributed by atoms with Crippen LogP contribution in [0.15, 0.2) is 48.7 Å². The number of H-pyrrole nitrogens is 1. The number of pyridine rings is 1. The van der Waals surface area contributed by atoms with Gasteiger partial charge in [-0.1, -0.05) is 24.3 Å². The molecule has 0 aliphatic carbocycles. The van der Waals surface area contributed by atoms with Crippen LogP contribution in [0.25, 0.3) is 22.2 Å². The molecule has 4 aromatic rings. The maximum atomic E-state index is 13.6. The van der Waals surface area contributed by atoms with Crippen molar-refractivity contribution >= 4 is 34.5 Å². The van der Waals surface area contributed by atoms with E-state index in [-0.39, 0.29) is 29.8 Å². The fraction of sp³-hybridized carbons (Fsp3) is 0.192. The van der Waals surface area contributed by atoms with Crippen LogP contribution in [0.2, 0.25) is 0 Å². The maximum absolute atomic E-state index is 13.6. The molecule has 0 fully saturated rings. The standard InChI is InChI=1S/C26H25FN6O5/c1-38-19-9-8-16(27)11-17(19)26(37)30-12-14-4-6-15(7-5-14)22-21(24(28)36)23-18(13-31-33-23)25(32-22)29-10-2-3-20(34)35/h4-9,11,13H,2-3,10,12H2,1H3,(H2,28,36)(H,29,32)(H,30,37)(H,31,33)(H,34,35). The number of carboxylic acid groups (broad SMARTS) is 1. The van der Waals surface area contributed by atoms with Crippen molar-refractivity contribution in [2.24, 2.45) is 5.73 Å². The molecular formula is C26H25FN6O5. The molecule has 0 saturated carbocycles. The number of nitrogens with zero attached hydrogens (tertiary/aromatic N) is 2. The number of ether oxygens (including phenoxy) is 1. The van der Waals surface area contributed by atoms with Crippen molar-refractivity contribution in [3.05, 3.63) is 71.2 Å². The number of primary amides is 1. The molecule has 196 valence electrons. The summed E-state index contributed by atoms with van der Waals surface area (Å²) in [5, 5.41) is 22.1. The highest BCUT2D eigenvalue weighted by atomic mass is 19.1. The van der Waals surface area contributed by atoms with Crippen molar-refractivity contribution < 1.29 is 28.6 Å². The zero-order valence-corrected chi connectivity index (χ0v) is 20.4. The van der Waals surface area contributed by atoms with Gasteiger partial charge in [0.15, 0.2) is 0 Å². The number of anilines is 1. The zero-order chi connectivity index (χ0) is 27.2. The summed E-state index contributed by atoms with van der Waals surface area (Å²) >= 11 is 0. The molecule has 2 aromatic heterocycles. The van der Waals surface area contributed by atoms with E-state index in [1.54, 1.807) is 24.3 Å². The van der Waals surface area contributed by atoms with Crippen molar-refractivity contribution in [2.45, 2.75) is 19.4 Å². The number of aromatic nitrogens is 3. The van der Waals surface area contributed by atoms with E-state index in [9.17, 15) is 18.8 Å². The number of aliphatic carboxylic acids is 1. The first-order valence-electron chi connectivity index (χ1n) is 11.6. The summed E-state index contributed by atoms with van der Waals surface area (Å²) in [6, 6.07) is 10.7. The van der Waals surface area contributed by atoms with Gasteiger partial charge in [0.05, 0.1) is 41.0 Å². The number of benzene rings is 2. The number of halogens is 1. The van der Waals surface area contributed by atoms with Gasteiger partial charge in [0.2, 0.25) is 0 Å². The van der Waals surface area contributed by atoms with E-state index in [0.717, 1.165) is 11.6 Å². The number of nitrogens with one attached hydrogen (secondary N) is 3. The molecule has 6 N–H and O–H groups in total. The summed E-state index contributed by atoms with van der Waals surface area (Å²) in [5.41, 5.74) is 7.98. The molecule has 0 unspecified atom stereocenters. The number of rotatable bonds is 11. The molecule has 2 amide bonds. The number of methoxy groups -OCH3 is 1. The highest BCUT2D eigenvalue weighted by molar-refractivity contribution is 6.11. The van der Waals surface area contributed by atoms with Gasteiger partial charge in [-0.05, 0) is 30.2 Å². The van der Waals surface area contributed by atoms with Crippen molar-refractivity contribution in [3.63, 3.8) is 0 Å². The van der Waals surface area contributed by atoms with E-state index in [2.05, 4.69) is 25.8 Å². The lowest BCUT2D eigenvalue weighted by Crippen LogP contribution is -2.23. The van der Waals surface area contributed by atoms with Crippen LogP contribution >= 0.6 is 0 Å². The molecule has 0 radical (unpaired) electrons. The van der Waals surface area contributed by atoms with Crippen molar-refractivity contribution in [1.82, 2.24) is 20.5 Å². The van der Waals surface area contributed by atoms with Crippen LogP contribution in [0.3, 0.4) is 0 Å². The Kier molecular flexibility index (Phi) is 7.80. The fourth-order valence-electron chi connectivity index (χ4n) is 3.95. The van der Waals surface area contributed by atoms with Gasteiger partial charge in [-0.15, -0.1) is 0 Å². The van der Waals surface area contributed by atoms with Gasteiger partial charge in [-0.25, -0.2) is 9.37 Å². The summed E-state index contributed by atoms with van der Waals surface area (Å²) in [6.07, 6.45) is 1.89. The van der Waals surface area contributed by atoms with Gasteiger partial charge in [0.25, 0.3) is 11.8 Å². The third-order valence-electron chi connectivity index (χ3n) is 5.80. The maximum Gasteiger partial charge on any atom is 0.303 e. The Bertz CT molecular complexity index is 1500. The second kappa shape index (κ2) is 11.4. The quantitative estimate of drug-likeness (QED) is 0.188. The van der Waals surface area contributed by atoms with E-state index < -0.39 is 23.6 Å². The number of carboxylic acids is 1. The number of fused-ring (bicyclic) bond motifs is 1. The van der Waals surface area contributed by atoms with Gasteiger partial charge in [-0.2, -0.15) is 5.10 Å². The highest BCUT2D eigenvalue weighted by Crippen LogP contribution is 2.31. The molecule has 12 heteroatoms. The Labute approximate surface area is 216 Å². The van der Waals surface area contributed by atoms with Crippen molar-refractivity contribution in [2.75, 3.05) is 19.0 Å². The summed E-state index contributed by atoms with van der Waals surface area (Å²) < 4.78 is 18.8. The van der Waals surface area contributed by atoms with Gasteiger partial charge in [0.1, 0.15) is 17.4 Å². The molecular weight excluding hydrogens is 495 g/mol. The summed E-state index contributed by atoms with van der Waals surface area (Å²) in [6.45, 7) is 0.508. The van der Waals surface area contributed by atoms with Gasteiger partial charge < -0.3 is 26.2 Å². The van der Waals surface area contributed by atoms with Crippen LogP contribution in [-0.4, -0.2) is 51.7 Å². The minimum Gasteiger partial charge on any atom is -0.496 e. The fourth-order valence-corrected chi connectivity index (χ4v) is 3.95. The number of nitrogens with two attached hydrogens (primary N) is 1. The smallest absolute Gasteiger partial charge is 0.303 e. The zero-order valence-electron chi connectivity index (χ0n) is 20.4. The van der Waals surface area contributed by atoms with Crippen LogP contribution in [0.5, 0.6) is 5.75 Å². The summed E-state index contributed by atoms with van der Waals surface area (Å²) in [5.74, 6) is -1.95. The third-order valence-corrected chi connectivity index (χ3v) is 5.80. The predicted molar refractivity (Wildman–Crippen MR) is 137 cm³/mol. The molecule has 0 atom stereocenters. The SMILES string of the molecule is COc1ccc(F)cc1C(=O)NCc1ccc(-c2nc(NCCCC(=O)O)c3cn[nH]c3c2C(N)=O)cc1. The first kappa shape index (κ1) is 26.1. The number of carbonyl (C=O) groups is 3. The number of carbonyl (C=O) groups excluding carboxylic acids is 2. The molecule has 0 aliphatic heterocycles. The largest absolute Gasteiger partial charge is 0.496 e. The first-order valence-corrected chi connectivity index (χ1v) is 11.6. The Morgan fingerprint density at radius 2 is 1.92 bits per heavy atom. The Morgan fingerprint density at radius 1 is 1.16 bits per heavy atom. The lowest BCUT2D eigenvalue weighted by Gasteiger charge is -2.13. The summed E-state index contributed by atoms with van der Waals surface area (Å²) in [7, 11) is 1.40. The number of amides is 2. The molecule has 0 saturated heterocycles. The molecule has 2 heterocycles. The van der Waals surface area contributed by atoms with Crippen LogP contribution in [0.4, 0.5) is 10.2 Å². The predicted octanol–water partition coefficient (Wildman–Crippen LogP) is 3.08. The van der Waals surface area contributed by atoms with Gasteiger partial charge in [0, 0.05) is 25.1 Å². The van der Waals surface area contributed by atoms with Crippen LogP contribution < -0.4 is 21.1 Å². The average molecular weight is 521 g/mol. The lowest BCUT2D eigenvalue weighted by molar-refractivity contribution is -0.137. The van der Waals surface area contributed by atoms with E-state index in [1.165, 1.54) is 25.4 Å². The topological polar surface area (TPSA) is 172 Å². The lowest BCUT2D eigenvalue weighted by atomic mass is 10.0. The third kappa shape index (κ3) is 5.69. The minimum atomic E-state index is -0.899. The molecule has 0 spiro atoms. The Balaban J connectivity index is 1.57. The molecule has 0 aliphatic rings. The Hall–Kier alpha value is -5.00. The van der Waals surface area contributed by atoms with E-state index >= 15 is 0 Å². The van der Waals surface area contributed by atoms with E-state index in [4.69, 9.17) is 15.6 Å². The molecule has 38 heavy (non-hydrogen) atoms.